The number of ether oxygens (including phenoxy) is 1. The lowest BCUT2D eigenvalue weighted by atomic mass is 9.79. The van der Waals surface area contributed by atoms with Gasteiger partial charge in [0, 0.05) is 5.57 Å². The van der Waals surface area contributed by atoms with Crippen molar-refractivity contribution in [3.05, 3.63) is 59.4 Å². The van der Waals surface area contributed by atoms with E-state index in [1.807, 2.05) is 30.3 Å². The summed E-state index contributed by atoms with van der Waals surface area (Å²) < 4.78 is 5.55. The summed E-state index contributed by atoms with van der Waals surface area (Å²) in [4.78, 5) is 22.5. The van der Waals surface area contributed by atoms with Gasteiger partial charge in [-0.25, -0.2) is 4.79 Å². The topological polar surface area (TPSA) is 83.8 Å². The summed E-state index contributed by atoms with van der Waals surface area (Å²) in [5, 5.41) is 18.4. The average Bonchev–Trinajstić information content (AvgIpc) is 2.45. The van der Waals surface area contributed by atoms with Gasteiger partial charge < -0.3 is 14.9 Å². The van der Waals surface area contributed by atoms with Crippen LogP contribution in [0, 0.1) is 5.41 Å². The predicted octanol–water partition coefficient (Wildman–Crippen LogP) is 2.59. The van der Waals surface area contributed by atoms with Crippen molar-refractivity contribution < 1.29 is 24.5 Å². The molecule has 0 amide bonds. The molecule has 1 aliphatic carbocycles. The molecule has 1 aromatic carbocycles. The smallest absolute Gasteiger partial charge is 0.331 e. The van der Waals surface area contributed by atoms with E-state index < -0.39 is 17.4 Å². The average molecular weight is 288 g/mol. The number of allylic oxidation sites excluding steroid dienone is 1. The maximum Gasteiger partial charge on any atom is 0.331 e. The maximum atomic E-state index is 11.3. The Balaban J connectivity index is 2.20. The van der Waals surface area contributed by atoms with E-state index in [1.165, 1.54) is 19.1 Å². The van der Waals surface area contributed by atoms with E-state index in [2.05, 4.69) is 0 Å². The number of benzene rings is 1. The quantitative estimate of drug-likeness (QED) is 0.870. The van der Waals surface area contributed by atoms with Crippen LogP contribution in [0.2, 0.25) is 0 Å². The Morgan fingerprint density at radius 3 is 2.48 bits per heavy atom. The van der Waals surface area contributed by atoms with Crippen molar-refractivity contribution in [1.29, 1.82) is 0 Å². The molecule has 1 unspecified atom stereocenters. The largest absolute Gasteiger partial charge is 0.489 e. The van der Waals surface area contributed by atoms with Crippen LogP contribution in [-0.2, 0) is 20.9 Å². The molecular formula is C16H16O5. The fourth-order valence-corrected chi connectivity index (χ4v) is 2.12. The highest BCUT2D eigenvalue weighted by atomic mass is 16.5. The van der Waals surface area contributed by atoms with Crippen LogP contribution < -0.4 is 0 Å². The molecule has 0 spiro atoms. The second-order valence-corrected chi connectivity index (χ2v) is 5.20. The summed E-state index contributed by atoms with van der Waals surface area (Å²) in [7, 11) is 0. The van der Waals surface area contributed by atoms with Crippen molar-refractivity contribution in [2.24, 2.45) is 5.41 Å². The van der Waals surface area contributed by atoms with Gasteiger partial charge in [0.25, 0.3) is 0 Å². The van der Waals surface area contributed by atoms with Crippen LogP contribution in [0.25, 0.3) is 0 Å². The first-order chi connectivity index (χ1) is 9.90. The number of carboxylic acid groups (broad SMARTS) is 2. The summed E-state index contributed by atoms with van der Waals surface area (Å²) >= 11 is 0. The van der Waals surface area contributed by atoms with E-state index in [-0.39, 0.29) is 24.4 Å². The highest BCUT2D eigenvalue weighted by Gasteiger charge is 2.37. The lowest BCUT2D eigenvalue weighted by Crippen LogP contribution is -2.30. The molecule has 1 atom stereocenters. The molecule has 0 heterocycles. The zero-order valence-electron chi connectivity index (χ0n) is 11.6. The molecule has 5 nitrogen and oxygen atoms in total. The minimum atomic E-state index is -1.27. The van der Waals surface area contributed by atoms with E-state index in [0.717, 1.165) is 5.56 Å². The van der Waals surface area contributed by atoms with Crippen molar-refractivity contribution in [2.45, 2.75) is 20.0 Å². The third kappa shape index (κ3) is 3.51. The van der Waals surface area contributed by atoms with Crippen molar-refractivity contribution >= 4 is 11.9 Å². The van der Waals surface area contributed by atoms with Crippen LogP contribution >= 0.6 is 0 Å². The molecule has 0 aromatic heterocycles. The predicted molar refractivity (Wildman–Crippen MR) is 75.4 cm³/mol. The van der Waals surface area contributed by atoms with E-state index in [4.69, 9.17) is 9.84 Å². The Morgan fingerprint density at radius 1 is 1.24 bits per heavy atom. The van der Waals surface area contributed by atoms with E-state index in [1.54, 1.807) is 0 Å². The lowest BCUT2D eigenvalue weighted by Gasteiger charge is -2.26. The van der Waals surface area contributed by atoms with Gasteiger partial charge >= 0.3 is 11.9 Å². The van der Waals surface area contributed by atoms with Gasteiger partial charge in [0.05, 0.1) is 5.41 Å². The van der Waals surface area contributed by atoms with Crippen LogP contribution in [0.1, 0.15) is 18.9 Å². The molecule has 1 aliphatic rings. The summed E-state index contributed by atoms with van der Waals surface area (Å²) in [5.41, 5.74) is -0.314. The van der Waals surface area contributed by atoms with Crippen molar-refractivity contribution in [3.8, 4) is 0 Å². The van der Waals surface area contributed by atoms with Gasteiger partial charge in [0.2, 0.25) is 0 Å². The molecule has 21 heavy (non-hydrogen) atoms. The zero-order chi connectivity index (χ0) is 15.5. The Labute approximate surface area is 122 Å². The van der Waals surface area contributed by atoms with Gasteiger partial charge in [-0.1, -0.05) is 30.3 Å². The van der Waals surface area contributed by atoms with Crippen LogP contribution in [-0.4, -0.2) is 22.2 Å². The molecule has 5 heteroatoms. The van der Waals surface area contributed by atoms with E-state index in [9.17, 15) is 14.7 Å². The number of carboxylic acids is 2. The minimum absolute atomic E-state index is 0.0328. The number of rotatable bonds is 5. The third-order valence-electron chi connectivity index (χ3n) is 3.35. The number of hydrogen-bond donors (Lipinski definition) is 2. The Hall–Kier alpha value is -2.56. The molecule has 0 saturated carbocycles. The first-order valence-corrected chi connectivity index (χ1v) is 6.47. The van der Waals surface area contributed by atoms with Crippen LogP contribution in [0.15, 0.2) is 53.8 Å². The minimum Gasteiger partial charge on any atom is -0.489 e. The summed E-state index contributed by atoms with van der Waals surface area (Å²) in [5.74, 6) is -1.93. The highest BCUT2D eigenvalue weighted by molar-refractivity contribution is 5.90. The second-order valence-electron chi connectivity index (χ2n) is 5.20. The molecule has 2 rings (SSSR count). The Morgan fingerprint density at radius 2 is 1.90 bits per heavy atom. The van der Waals surface area contributed by atoms with Crippen LogP contribution in [0.4, 0.5) is 0 Å². The standard InChI is InChI=1S/C16H16O5/c1-16(15(19)20)8-12(14(17)18)7-13(9-16)21-10-11-5-3-2-4-6-11/h2-7,9H,8,10H2,1H3,(H,17,18)(H,19,20). The molecule has 2 N–H and O–H groups in total. The van der Waals surface area contributed by atoms with Crippen molar-refractivity contribution in [3.63, 3.8) is 0 Å². The first kappa shape index (κ1) is 14.8. The van der Waals surface area contributed by atoms with E-state index >= 15 is 0 Å². The number of carbonyl (C=O) groups is 2. The molecule has 0 radical (unpaired) electrons. The zero-order valence-corrected chi connectivity index (χ0v) is 11.6. The molecule has 0 bridgehead atoms. The number of hydrogen-bond acceptors (Lipinski definition) is 3. The van der Waals surface area contributed by atoms with E-state index in [0.29, 0.717) is 0 Å². The van der Waals surface area contributed by atoms with Gasteiger partial charge in [-0.15, -0.1) is 0 Å². The third-order valence-corrected chi connectivity index (χ3v) is 3.35. The van der Waals surface area contributed by atoms with Gasteiger partial charge in [0.1, 0.15) is 12.4 Å². The van der Waals surface area contributed by atoms with Gasteiger partial charge in [-0.3, -0.25) is 4.79 Å². The maximum absolute atomic E-state index is 11.3. The highest BCUT2D eigenvalue weighted by Crippen LogP contribution is 2.34. The fraction of sp³-hybridized carbons (Fsp3) is 0.250. The number of aliphatic carboxylic acids is 2. The van der Waals surface area contributed by atoms with Gasteiger partial charge in [0.15, 0.2) is 0 Å². The SMILES string of the molecule is CC1(C(=O)O)C=C(OCc2ccccc2)C=C(C(=O)O)C1. The Kier molecular flexibility index (Phi) is 4.12. The first-order valence-electron chi connectivity index (χ1n) is 6.47. The molecular weight excluding hydrogens is 272 g/mol. The summed E-state index contributed by atoms with van der Waals surface area (Å²) in [6.45, 7) is 1.74. The monoisotopic (exact) mass is 288 g/mol. The fourth-order valence-electron chi connectivity index (χ4n) is 2.12. The second kappa shape index (κ2) is 5.83. The lowest BCUT2D eigenvalue weighted by molar-refractivity contribution is -0.145. The van der Waals surface area contributed by atoms with Crippen LogP contribution in [0.3, 0.4) is 0 Å². The van der Waals surface area contributed by atoms with Gasteiger partial charge in [-0.05, 0) is 31.1 Å². The molecule has 110 valence electrons. The van der Waals surface area contributed by atoms with Crippen LogP contribution in [0.5, 0.6) is 0 Å². The molecule has 0 aliphatic heterocycles. The summed E-state index contributed by atoms with van der Waals surface area (Å²) in [6, 6.07) is 9.37. The molecule has 1 aromatic rings. The van der Waals surface area contributed by atoms with Crippen molar-refractivity contribution in [1.82, 2.24) is 0 Å². The Bertz CT molecular complexity index is 615. The summed E-state index contributed by atoms with van der Waals surface area (Å²) in [6.07, 6.45) is 2.79. The van der Waals surface area contributed by atoms with Gasteiger partial charge in [-0.2, -0.15) is 0 Å². The molecule has 0 saturated heterocycles. The van der Waals surface area contributed by atoms with Crippen molar-refractivity contribution in [2.75, 3.05) is 0 Å². The normalized spacial score (nSPS) is 21.2. The molecule has 0 fully saturated rings.